The Hall–Kier alpha value is -2.88. The van der Waals surface area contributed by atoms with Gasteiger partial charge >= 0.3 is 0 Å². The van der Waals surface area contributed by atoms with Crippen LogP contribution in [0.2, 0.25) is 5.02 Å². The number of rotatable bonds is 3. The Morgan fingerprint density at radius 2 is 1.97 bits per heavy atom. The minimum absolute atomic E-state index is 0.0507. The van der Waals surface area contributed by atoms with E-state index in [2.05, 4.69) is 19.9 Å². The fourth-order valence-corrected chi connectivity index (χ4v) is 6.17. The van der Waals surface area contributed by atoms with Crippen LogP contribution in [0.1, 0.15) is 31.5 Å². The number of aromatic nitrogens is 5. The lowest BCUT2D eigenvalue weighted by atomic mass is 9.73. The first-order valence-electron chi connectivity index (χ1n) is 11.3. The molecule has 1 aliphatic heterocycles. The van der Waals surface area contributed by atoms with Crippen molar-refractivity contribution in [3.8, 4) is 0 Å². The number of anilines is 2. The fourth-order valence-electron chi connectivity index (χ4n) is 5.03. The van der Waals surface area contributed by atoms with Crippen LogP contribution in [0.4, 0.5) is 11.8 Å². The van der Waals surface area contributed by atoms with Gasteiger partial charge in [-0.25, -0.2) is 15.0 Å². The summed E-state index contributed by atoms with van der Waals surface area (Å²) in [5.41, 5.74) is 15.2. The predicted octanol–water partition coefficient (Wildman–Crippen LogP) is 3.75. The summed E-state index contributed by atoms with van der Waals surface area (Å²) in [6.45, 7) is 1.66. The number of hydrogen-bond donors (Lipinski definition) is 2. The lowest BCUT2D eigenvalue weighted by Gasteiger charge is -2.42. The number of imidazole rings is 1. The lowest BCUT2D eigenvalue weighted by Crippen LogP contribution is -2.45. The molecule has 1 atom stereocenters. The van der Waals surface area contributed by atoms with E-state index in [9.17, 15) is 0 Å². The normalized spacial score (nSPS) is 19.8. The molecule has 1 saturated heterocycles. The molecule has 4 N–H and O–H groups in total. The van der Waals surface area contributed by atoms with Gasteiger partial charge in [-0.05, 0) is 42.4 Å². The Morgan fingerprint density at radius 1 is 1.12 bits per heavy atom. The van der Waals surface area contributed by atoms with Crippen LogP contribution >= 0.6 is 23.4 Å². The molecule has 1 aliphatic carbocycles. The molecule has 0 aromatic carbocycles. The van der Waals surface area contributed by atoms with Crippen molar-refractivity contribution in [2.45, 2.75) is 35.1 Å². The molecule has 1 fully saturated rings. The highest BCUT2D eigenvalue weighted by Gasteiger charge is 2.46. The number of pyridine rings is 2. The maximum Gasteiger partial charge on any atom is 0.211 e. The van der Waals surface area contributed by atoms with Crippen LogP contribution in [-0.2, 0) is 6.42 Å². The second-order valence-corrected chi connectivity index (χ2v) is 10.1. The van der Waals surface area contributed by atoms with Crippen LogP contribution in [-0.4, -0.2) is 37.4 Å². The quantitative estimate of drug-likeness (QED) is 0.457. The lowest BCUT2D eigenvalue weighted by molar-refractivity contribution is 0.186. The predicted molar refractivity (Wildman–Crippen MR) is 130 cm³/mol. The van der Waals surface area contributed by atoms with Gasteiger partial charge < -0.3 is 16.4 Å². The number of piperidine rings is 1. The highest BCUT2D eigenvalue weighted by Crippen LogP contribution is 2.50. The van der Waals surface area contributed by atoms with Gasteiger partial charge in [-0.2, -0.15) is 0 Å². The minimum atomic E-state index is -0.150. The smallest absolute Gasteiger partial charge is 0.211 e. The van der Waals surface area contributed by atoms with Gasteiger partial charge in [0.25, 0.3) is 0 Å². The Kier molecular flexibility index (Phi) is 4.66. The summed E-state index contributed by atoms with van der Waals surface area (Å²) in [4.78, 5) is 21.9. The number of fused-ring (bicyclic) bond motifs is 2. The molecule has 2 aliphatic rings. The third kappa shape index (κ3) is 3.34. The molecule has 0 radical (unpaired) electrons. The molecule has 33 heavy (non-hydrogen) atoms. The van der Waals surface area contributed by atoms with E-state index in [1.54, 1.807) is 24.7 Å². The molecule has 0 saturated carbocycles. The number of nitrogens with zero attached hydrogens (tertiary/aromatic N) is 6. The van der Waals surface area contributed by atoms with Gasteiger partial charge in [0, 0.05) is 60.7 Å². The molecule has 8 nitrogen and oxygen atoms in total. The zero-order chi connectivity index (χ0) is 23.4. The summed E-state index contributed by atoms with van der Waals surface area (Å²) in [5, 5.41) is 0.432. The van der Waals surface area contributed by atoms with Gasteiger partial charge in [-0.1, -0.05) is 29.4 Å². The Labute approximate surface area is 201 Å². The molecule has 0 unspecified atom stereocenters. The van der Waals surface area contributed by atoms with E-state index < -0.39 is 0 Å². The van der Waals surface area contributed by atoms with Crippen molar-refractivity contribution < 1.29 is 1.37 Å². The van der Waals surface area contributed by atoms with Crippen molar-refractivity contribution in [1.82, 2.24) is 24.3 Å². The maximum absolute atomic E-state index is 8.28. The zero-order valence-corrected chi connectivity index (χ0v) is 19.4. The standard InChI is InChI=1S/C23H23ClN8S/c24-18-16(3-7-28-20(18)26)33-17-13-30-22(32-11-8-29-21(17)32)31-9-4-23(5-10-31)12-15-14(19(23)25)2-1-6-27-15/h1-3,6-8,11,13,19H,4-5,9-10,12,25H2,(H2,26,28)/t19-/m1/s1/i2D. The molecule has 4 aromatic heterocycles. The van der Waals surface area contributed by atoms with Crippen molar-refractivity contribution >= 4 is 40.8 Å². The second-order valence-electron chi connectivity index (χ2n) is 8.61. The largest absolute Gasteiger partial charge is 0.382 e. The van der Waals surface area contributed by atoms with Gasteiger partial charge in [0.15, 0.2) is 5.65 Å². The first kappa shape index (κ1) is 19.6. The van der Waals surface area contributed by atoms with Crippen LogP contribution in [0.5, 0.6) is 0 Å². The number of nitrogen functional groups attached to an aromatic ring is 1. The van der Waals surface area contributed by atoms with Gasteiger partial charge in [-0.3, -0.25) is 9.38 Å². The van der Waals surface area contributed by atoms with Gasteiger partial charge in [0.1, 0.15) is 5.82 Å². The highest BCUT2D eigenvalue weighted by molar-refractivity contribution is 7.99. The molecule has 6 rings (SSSR count). The van der Waals surface area contributed by atoms with Crippen molar-refractivity contribution in [2.24, 2.45) is 11.1 Å². The molecular weight excluding hydrogens is 456 g/mol. The Bertz CT molecular complexity index is 1400. The van der Waals surface area contributed by atoms with E-state index in [0.717, 1.165) is 65.0 Å². The molecule has 168 valence electrons. The average Bonchev–Trinajstić information content (AvgIpc) is 3.43. The van der Waals surface area contributed by atoms with Gasteiger partial charge in [-0.15, -0.1) is 0 Å². The number of halogens is 1. The minimum Gasteiger partial charge on any atom is -0.382 e. The molecule has 4 aromatic rings. The Balaban J connectivity index is 1.25. The highest BCUT2D eigenvalue weighted by atomic mass is 35.5. The monoisotopic (exact) mass is 479 g/mol. The van der Waals surface area contributed by atoms with Crippen LogP contribution in [0.15, 0.2) is 59.0 Å². The SMILES string of the molecule is [2H]c1ccnc2c1[C@@H](N)C1(CCN(c3ncc(Sc4ccnc(N)c4Cl)c4nccn34)CC1)C2. The molecular formula is C23H23ClN8S. The molecule has 1 spiro atoms. The van der Waals surface area contributed by atoms with Crippen LogP contribution < -0.4 is 16.4 Å². The van der Waals surface area contributed by atoms with E-state index in [0.29, 0.717) is 16.9 Å². The van der Waals surface area contributed by atoms with Crippen molar-refractivity contribution in [1.29, 1.82) is 0 Å². The molecule has 10 heteroatoms. The second kappa shape index (κ2) is 7.86. The molecule has 0 bridgehead atoms. The van der Waals surface area contributed by atoms with Gasteiger partial charge in [0.2, 0.25) is 5.95 Å². The summed E-state index contributed by atoms with van der Waals surface area (Å²) in [5.74, 6) is 1.16. The average molecular weight is 480 g/mol. The van der Waals surface area contributed by atoms with E-state index >= 15 is 0 Å². The maximum atomic E-state index is 8.28. The zero-order valence-electron chi connectivity index (χ0n) is 18.8. The fraction of sp³-hybridized carbons (Fsp3) is 0.304. The summed E-state index contributed by atoms with van der Waals surface area (Å²) in [6.07, 6.45) is 11.6. The van der Waals surface area contributed by atoms with Crippen LogP contribution in [0.25, 0.3) is 5.65 Å². The van der Waals surface area contributed by atoms with Crippen molar-refractivity contribution in [3.63, 3.8) is 0 Å². The van der Waals surface area contributed by atoms with E-state index in [1.165, 1.54) is 11.8 Å². The summed E-state index contributed by atoms with van der Waals surface area (Å²) >= 11 is 7.82. The first-order valence-corrected chi connectivity index (χ1v) is 12.0. The molecule has 0 amide bonds. The van der Waals surface area contributed by atoms with E-state index in [4.69, 9.17) is 29.4 Å². The van der Waals surface area contributed by atoms with Crippen LogP contribution in [0, 0.1) is 5.41 Å². The third-order valence-electron chi connectivity index (χ3n) is 6.86. The summed E-state index contributed by atoms with van der Waals surface area (Å²) in [6, 6.07) is 3.92. The summed E-state index contributed by atoms with van der Waals surface area (Å²) in [7, 11) is 0. The Morgan fingerprint density at radius 3 is 2.79 bits per heavy atom. The van der Waals surface area contributed by atoms with Crippen molar-refractivity contribution in [2.75, 3.05) is 23.7 Å². The first-order chi connectivity index (χ1) is 16.5. The topological polar surface area (TPSA) is 111 Å². The number of hydrogen-bond acceptors (Lipinski definition) is 8. The van der Waals surface area contributed by atoms with E-state index in [1.807, 2.05) is 22.9 Å². The van der Waals surface area contributed by atoms with Gasteiger partial charge in [0.05, 0.1) is 11.3 Å². The van der Waals surface area contributed by atoms with Crippen LogP contribution in [0.3, 0.4) is 0 Å². The summed E-state index contributed by atoms with van der Waals surface area (Å²) < 4.78 is 10.3. The van der Waals surface area contributed by atoms with E-state index in [-0.39, 0.29) is 11.5 Å². The van der Waals surface area contributed by atoms with Crippen molar-refractivity contribution in [3.05, 3.63) is 65.4 Å². The number of nitrogens with two attached hydrogens (primary N) is 2. The third-order valence-corrected chi connectivity index (χ3v) is 8.44. The molecule has 5 heterocycles.